The zero-order chi connectivity index (χ0) is 8.65. The molecule has 1 aliphatic heterocycles. The number of cyclic esters (lactones) is 1. The summed E-state index contributed by atoms with van der Waals surface area (Å²) in [5, 5.41) is 0. The third kappa shape index (κ3) is 1.15. The number of rotatable bonds is 2. The van der Waals surface area contributed by atoms with Crippen molar-refractivity contribution in [3.63, 3.8) is 0 Å². The molecular weight excluding hydrogens is 140 g/mol. The van der Waals surface area contributed by atoms with E-state index in [9.17, 15) is 4.79 Å². The number of ether oxygens (including phenoxy) is 1. The highest BCUT2D eigenvalue weighted by Gasteiger charge is 2.52. The Hall–Kier alpha value is -0.530. The molecule has 1 heterocycles. The van der Waals surface area contributed by atoms with Crippen molar-refractivity contribution in [2.45, 2.75) is 39.7 Å². The first-order valence-corrected chi connectivity index (χ1v) is 4.24. The lowest BCUT2D eigenvalue weighted by atomic mass is 9.75. The molecule has 2 heteroatoms. The maximum absolute atomic E-state index is 11.0. The van der Waals surface area contributed by atoms with Crippen LogP contribution in [0.5, 0.6) is 0 Å². The summed E-state index contributed by atoms with van der Waals surface area (Å²) in [4.78, 5) is 11.0. The summed E-state index contributed by atoms with van der Waals surface area (Å²) in [5.41, 5.74) is -0.175. The van der Waals surface area contributed by atoms with Gasteiger partial charge < -0.3 is 4.74 Å². The molecule has 0 amide bonds. The molecule has 1 rings (SSSR count). The first-order chi connectivity index (χ1) is 5.01. The molecule has 0 spiro atoms. The predicted octanol–water partition coefficient (Wildman–Crippen LogP) is 1.98. The van der Waals surface area contributed by atoms with Gasteiger partial charge in [-0.2, -0.15) is 0 Å². The van der Waals surface area contributed by atoms with Crippen LogP contribution in [0.2, 0.25) is 0 Å². The minimum atomic E-state index is -0.175. The summed E-state index contributed by atoms with van der Waals surface area (Å²) in [6.07, 6.45) is 0.918. The summed E-state index contributed by atoms with van der Waals surface area (Å²) in [6.45, 7) is 8.21. The molecule has 0 saturated carbocycles. The molecule has 64 valence electrons. The fraction of sp³-hybridized carbons (Fsp3) is 0.889. The largest absolute Gasteiger partial charge is 0.458 e. The van der Waals surface area contributed by atoms with Crippen LogP contribution in [0.1, 0.15) is 34.1 Å². The predicted molar refractivity (Wildman–Crippen MR) is 43.1 cm³/mol. The van der Waals surface area contributed by atoms with Gasteiger partial charge >= 0.3 is 5.97 Å². The fourth-order valence-electron chi connectivity index (χ4n) is 1.82. The molecule has 1 fully saturated rings. The van der Waals surface area contributed by atoms with Crippen LogP contribution in [-0.2, 0) is 9.53 Å². The molecule has 2 atom stereocenters. The van der Waals surface area contributed by atoms with Crippen LogP contribution in [0.25, 0.3) is 0 Å². The summed E-state index contributed by atoms with van der Waals surface area (Å²) < 4.78 is 5.11. The molecule has 0 radical (unpaired) electrons. The van der Waals surface area contributed by atoms with Gasteiger partial charge in [-0.25, -0.2) is 0 Å². The average molecular weight is 156 g/mol. The highest BCUT2D eigenvalue weighted by Crippen LogP contribution is 2.41. The van der Waals surface area contributed by atoms with E-state index >= 15 is 0 Å². The molecular formula is C9H16O2. The van der Waals surface area contributed by atoms with Crippen LogP contribution < -0.4 is 0 Å². The number of esters is 1. The SMILES string of the molecule is CCC1(C)OC(=O)C1C(C)C. The number of hydrogen-bond donors (Lipinski definition) is 0. The van der Waals surface area contributed by atoms with Gasteiger partial charge in [-0.1, -0.05) is 20.8 Å². The van der Waals surface area contributed by atoms with E-state index in [-0.39, 0.29) is 17.5 Å². The Morgan fingerprint density at radius 2 is 2.18 bits per heavy atom. The van der Waals surface area contributed by atoms with Crippen LogP contribution in [-0.4, -0.2) is 11.6 Å². The highest BCUT2D eigenvalue weighted by molar-refractivity contribution is 5.80. The minimum absolute atomic E-state index is 0.0237. The van der Waals surface area contributed by atoms with E-state index < -0.39 is 0 Å². The Labute approximate surface area is 67.9 Å². The second kappa shape index (κ2) is 2.50. The summed E-state index contributed by atoms with van der Waals surface area (Å²) in [5.74, 6) is 0.498. The third-order valence-electron chi connectivity index (χ3n) is 2.61. The van der Waals surface area contributed by atoms with Gasteiger partial charge in [0.1, 0.15) is 5.60 Å². The van der Waals surface area contributed by atoms with Crippen molar-refractivity contribution >= 4 is 5.97 Å². The lowest BCUT2D eigenvalue weighted by Crippen LogP contribution is -2.57. The molecule has 0 aromatic heterocycles. The van der Waals surface area contributed by atoms with Gasteiger partial charge in [0, 0.05) is 0 Å². The molecule has 1 aliphatic rings. The van der Waals surface area contributed by atoms with Crippen LogP contribution >= 0.6 is 0 Å². The van der Waals surface area contributed by atoms with E-state index in [2.05, 4.69) is 20.8 Å². The van der Waals surface area contributed by atoms with Crippen LogP contribution in [0.4, 0.5) is 0 Å². The highest BCUT2D eigenvalue weighted by atomic mass is 16.6. The van der Waals surface area contributed by atoms with Gasteiger partial charge in [-0.3, -0.25) is 4.79 Å². The Morgan fingerprint density at radius 3 is 2.36 bits per heavy atom. The van der Waals surface area contributed by atoms with E-state index in [1.54, 1.807) is 0 Å². The molecule has 0 aromatic carbocycles. The quantitative estimate of drug-likeness (QED) is 0.571. The molecule has 2 nitrogen and oxygen atoms in total. The summed E-state index contributed by atoms with van der Waals surface area (Å²) >= 11 is 0. The number of carbonyl (C=O) groups excluding carboxylic acids is 1. The lowest BCUT2D eigenvalue weighted by molar-refractivity contribution is -0.215. The third-order valence-corrected chi connectivity index (χ3v) is 2.61. The van der Waals surface area contributed by atoms with Crippen molar-refractivity contribution < 1.29 is 9.53 Å². The van der Waals surface area contributed by atoms with Gasteiger partial charge in [0.05, 0.1) is 5.92 Å². The van der Waals surface area contributed by atoms with Gasteiger partial charge in [0.2, 0.25) is 0 Å². The second-order valence-corrected chi connectivity index (χ2v) is 3.81. The molecule has 2 unspecified atom stereocenters. The zero-order valence-corrected chi connectivity index (χ0v) is 7.68. The Kier molecular flexibility index (Phi) is 1.95. The Balaban J connectivity index is 2.68. The van der Waals surface area contributed by atoms with Crippen molar-refractivity contribution in [3.05, 3.63) is 0 Å². The van der Waals surface area contributed by atoms with Gasteiger partial charge in [-0.05, 0) is 19.3 Å². The average Bonchev–Trinajstić information content (AvgIpc) is 1.84. The van der Waals surface area contributed by atoms with Crippen molar-refractivity contribution in [1.29, 1.82) is 0 Å². The van der Waals surface area contributed by atoms with E-state index in [1.807, 2.05) is 6.92 Å². The van der Waals surface area contributed by atoms with Crippen LogP contribution in [0.15, 0.2) is 0 Å². The van der Waals surface area contributed by atoms with E-state index in [4.69, 9.17) is 4.74 Å². The maximum Gasteiger partial charge on any atom is 0.313 e. The second-order valence-electron chi connectivity index (χ2n) is 3.81. The van der Waals surface area contributed by atoms with E-state index in [0.717, 1.165) is 6.42 Å². The topological polar surface area (TPSA) is 26.3 Å². The van der Waals surface area contributed by atoms with Gasteiger partial charge in [0.15, 0.2) is 0 Å². The number of carbonyl (C=O) groups is 1. The van der Waals surface area contributed by atoms with Crippen molar-refractivity contribution in [2.75, 3.05) is 0 Å². The van der Waals surface area contributed by atoms with Gasteiger partial charge in [-0.15, -0.1) is 0 Å². The molecule has 0 bridgehead atoms. The molecule has 1 saturated heterocycles. The van der Waals surface area contributed by atoms with Crippen molar-refractivity contribution in [3.8, 4) is 0 Å². The smallest absolute Gasteiger partial charge is 0.313 e. The minimum Gasteiger partial charge on any atom is -0.458 e. The van der Waals surface area contributed by atoms with Crippen LogP contribution in [0, 0.1) is 11.8 Å². The van der Waals surface area contributed by atoms with Crippen molar-refractivity contribution in [2.24, 2.45) is 11.8 Å². The fourth-order valence-corrected chi connectivity index (χ4v) is 1.82. The first-order valence-electron chi connectivity index (χ1n) is 4.24. The maximum atomic E-state index is 11.0. The lowest BCUT2D eigenvalue weighted by Gasteiger charge is -2.46. The van der Waals surface area contributed by atoms with Crippen molar-refractivity contribution in [1.82, 2.24) is 0 Å². The molecule has 11 heavy (non-hydrogen) atoms. The monoisotopic (exact) mass is 156 g/mol. The number of hydrogen-bond acceptors (Lipinski definition) is 2. The summed E-state index contributed by atoms with van der Waals surface area (Å²) in [6, 6.07) is 0. The molecule has 0 N–H and O–H groups in total. The van der Waals surface area contributed by atoms with Gasteiger partial charge in [0.25, 0.3) is 0 Å². The summed E-state index contributed by atoms with van der Waals surface area (Å²) in [7, 11) is 0. The molecule has 0 aromatic rings. The van der Waals surface area contributed by atoms with Crippen LogP contribution in [0.3, 0.4) is 0 Å². The normalized spacial score (nSPS) is 36.8. The zero-order valence-electron chi connectivity index (χ0n) is 7.68. The van der Waals surface area contributed by atoms with E-state index in [1.165, 1.54) is 0 Å². The standard InChI is InChI=1S/C9H16O2/c1-5-9(4)7(6(2)3)8(10)11-9/h6-7H,5H2,1-4H3. The Bertz CT molecular complexity index is 174. The Morgan fingerprint density at radius 1 is 1.64 bits per heavy atom. The first kappa shape index (κ1) is 8.57. The molecule has 0 aliphatic carbocycles. The van der Waals surface area contributed by atoms with E-state index in [0.29, 0.717) is 5.92 Å².